The van der Waals surface area contributed by atoms with E-state index in [0.717, 1.165) is 25.9 Å². The standard InChI is InChI=1S/C21H45NO/c1-4-6-7-8-9-10-11-12-13-14-15-16-17-18-19-21-22(3,23)20-5-2/h4-21H2,1-3H3. The Bertz CT molecular complexity index is 228. The van der Waals surface area contributed by atoms with E-state index in [0.29, 0.717) is 0 Å². The van der Waals surface area contributed by atoms with Crippen LogP contribution in [0.2, 0.25) is 0 Å². The first-order chi connectivity index (χ1) is 11.1. The average molecular weight is 328 g/mol. The first-order valence-corrected chi connectivity index (χ1v) is 10.7. The number of quaternary nitrogens is 1. The summed E-state index contributed by atoms with van der Waals surface area (Å²) in [6.07, 6.45) is 21.8. The molecular formula is C21H45NO. The van der Waals surface area contributed by atoms with E-state index in [1.54, 1.807) is 0 Å². The lowest BCUT2D eigenvalue weighted by molar-refractivity contribution is -0.861. The summed E-state index contributed by atoms with van der Waals surface area (Å²) in [5, 5.41) is 12.0. The second kappa shape index (κ2) is 16.8. The number of hydrogen-bond acceptors (Lipinski definition) is 1. The largest absolute Gasteiger partial charge is 0.633 e. The first kappa shape index (κ1) is 22.9. The lowest BCUT2D eigenvalue weighted by Crippen LogP contribution is -2.38. The van der Waals surface area contributed by atoms with Gasteiger partial charge in [-0.15, -0.1) is 0 Å². The summed E-state index contributed by atoms with van der Waals surface area (Å²) in [6.45, 7) is 5.97. The van der Waals surface area contributed by atoms with E-state index < -0.39 is 0 Å². The average Bonchev–Trinajstić information content (AvgIpc) is 2.51. The van der Waals surface area contributed by atoms with Crippen LogP contribution in [0.5, 0.6) is 0 Å². The minimum atomic E-state index is -0.0328. The monoisotopic (exact) mass is 327 g/mol. The Morgan fingerprint density at radius 3 is 1.17 bits per heavy atom. The highest BCUT2D eigenvalue weighted by molar-refractivity contribution is 4.50. The molecule has 140 valence electrons. The second-order valence-corrected chi connectivity index (χ2v) is 7.69. The molecular weight excluding hydrogens is 282 g/mol. The topological polar surface area (TPSA) is 23.1 Å². The number of nitrogens with zero attached hydrogens (tertiary/aromatic N) is 1. The number of hydrogen-bond donors (Lipinski definition) is 0. The molecule has 0 saturated carbocycles. The van der Waals surface area contributed by atoms with Crippen LogP contribution in [0.1, 0.15) is 117 Å². The zero-order chi connectivity index (χ0) is 17.2. The van der Waals surface area contributed by atoms with Gasteiger partial charge in [0.15, 0.2) is 0 Å². The van der Waals surface area contributed by atoms with Crippen molar-refractivity contribution in [2.45, 2.75) is 117 Å². The molecule has 0 aliphatic rings. The van der Waals surface area contributed by atoms with Gasteiger partial charge in [0.25, 0.3) is 0 Å². The van der Waals surface area contributed by atoms with Crippen LogP contribution in [-0.4, -0.2) is 24.8 Å². The maximum atomic E-state index is 12.0. The molecule has 0 rings (SSSR count). The molecule has 2 heteroatoms. The van der Waals surface area contributed by atoms with Crippen LogP contribution in [0.15, 0.2) is 0 Å². The van der Waals surface area contributed by atoms with Gasteiger partial charge in [0.05, 0.1) is 20.1 Å². The van der Waals surface area contributed by atoms with Crippen molar-refractivity contribution >= 4 is 0 Å². The molecule has 0 spiro atoms. The molecule has 0 aromatic rings. The molecule has 1 unspecified atom stereocenters. The van der Waals surface area contributed by atoms with Crippen LogP contribution < -0.4 is 0 Å². The molecule has 0 heterocycles. The van der Waals surface area contributed by atoms with E-state index in [1.165, 1.54) is 89.9 Å². The summed E-state index contributed by atoms with van der Waals surface area (Å²) in [5.41, 5.74) is 0. The smallest absolute Gasteiger partial charge is 0.0781 e. The molecule has 1 atom stereocenters. The summed E-state index contributed by atoms with van der Waals surface area (Å²) in [6, 6.07) is 0. The Labute approximate surface area is 147 Å². The molecule has 0 N–H and O–H groups in total. The minimum absolute atomic E-state index is 0.0328. The van der Waals surface area contributed by atoms with Crippen LogP contribution in [0, 0.1) is 5.21 Å². The minimum Gasteiger partial charge on any atom is -0.633 e. The highest BCUT2D eigenvalue weighted by atomic mass is 16.5. The van der Waals surface area contributed by atoms with Crippen LogP contribution >= 0.6 is 0 Å². The van der Waals surface area contributed by atoms with E-state index in [-0.39, 0.29) is 4.65 Å². The van der Waals surface area contributed by atoms with Gasteiger partial charge in [0, 0.05) is 0 Å². The molecule has 0 aliphatic heterocycles. The fourth-order valence-electron chi connectivity index (χ4n) is 3.40. The van der Waals surface area contributed by atoms with Crippen LogP contribution in [0.4, 0.5) is 0 Å². The van der Waals surface area contributed by atoms with Crippen LogP contribution in [-0.2, 0) is 0 Å². The van der Waals surface area contributed by atoms with Crippen molar-refractivity contribution in [3.05, 3.63) is 5.21 Å². The predicted octanol–water partition coefficient (Wildman–Crippen LogP) is 7.21. The van der Waals surface area contributed by atoms with Crippen molar-refractivity contribution in [2.24, 2.45) is 0 Å². The van der Waals surface area contributed by atoms with Crippen molar-refractivity contribution in [1.29, 1.82) is 0 Å². The molecule has 0 amide bonds. The molecule has 0 saturated heterocycles. The van der Waals surface area contributed by atoms with E-state index in [2.05, 4.69) is 13.8 Å². The van der Waals surface area contributed by atoms with E-state index in [1.807, 2.05) is 7.05 Å². The molecule has 23 heavy (non-hydrogen) atoms. The highest BCUT2D eigenvalue weighted by Crippen LogP contribution is 2.14. The van der Waals surface area contributed by atoms with Gasteiger partial charge in [-0.05, 0) is 19.3 Å². The predicted molar refractivity (Wildman–Crippen MR) is 105 cm³/mol. The Balaban J connectivity index is 3.11. The number of hydroxylamine groups is 3. The SMILES string of the molecule is CCCCCCCCCCCCCCCCC[N+](C)([O-])CCC. The maximum Gasteiger partial charge on any atom is 0.0781 e. The molecule has 0 aromatic heterocycles. The third-order valence-electron chi connectivity index (χ3n) is 4.93. The summed E-state index contributed by atoms with van der Waals surface area (Å²) in [4.78, 5) is 0. The molecule has 0 bridgehead atoms. The van der Waals surface area contributed by atoms with Crippen molar-refractivity contribution in [1.82, 2.24) is 0 Å². The van der Waals surface area contributed by atoms with Gasteiger partial charge in [-0.3, -0.25) is 0 Å². The van der Waals surface area contributed by atoms with Crippen molar-refractivity contribution in [3.8, 4) is 0 Å². The third kappa shape index (κ3) is 18.1. The zero-order valence-electron chi connectivity index (χ0n) is 16.6. The van der Waals surface area contributed by atoms with Gasteiger partial charge in [0.1, 0.15) is 0 Å². The number of rotatable bonds is 18. The summed E-state index contributed by atoms with van der Waals surface area (Å²) in [5.74, 6) is 0. The van der Waals surface area contributed by atoms with Gasteiger partial charge >= 0.3 is 0 Å². The summed E-state index contributed by atoms with van der Waals surface area (Å²) in [7, 11) is 1.83. The third-order valence-corrected chi connectivity index (χ3v) is 4.93. The van der Waals surface area contributed by atoms with Crippen molar-refractivity contribution in [3.63, 3.8) is 0 Å². The van der Waals surface area contributed by atoms with Crippen LogP contribution in [0.3, 0.4) is 0 Å². The molecule has 2 nitrogen and oxygen atoms in total. The van der Waals surface area contributed by atoms with Crippen molar-refractivity contribution < 1.29 is 4.65 Å². The van der Waals surface area contributed by atoms with E-state index in [9.17, 15) is 5.21 Å². The molecule has 0 aromatic carbocycles. The molecule has 0 aliphatic carbocycles. The van der Waals surface area contributed by atoms with Gasteiger partial charge in [0.2, 0.25) is 0 Å². The zero-order valence-corrected chi connectivity index (χ0v) is 16.6. The van der Waals surface area contributed by atoms with E-state index in [4.69, 9.17) is 0 Å². The summed E-state index contributed by atoms with van der Waals surface area (Å²) >= 11 is 0. The molecule has 0 fully saturated rings. The fourth-order valence-corrected chi connectivity index (χ4v) is 3.40. The van der Waals surface area contributed by atoms with Crippen molar-refractivity contribution in [2.75, 3.05) is 20.1 Å². The Morgan fingerprint density at radius 2 is 0.826 bits per heavy atom. The Hall–Kier alpha value is -0.0800. The van der Waals surface area contributed by atoms with Crippen LogP contribution in [0.25, 0.3) is 0 Å². The van der Waals surface area contributed by atoms with Gasteiger partial charge in [-0.2, -0.15) is 0 Å². The fraction of sp³-hybridized carbons (Fsp3) is 1.00. The van der Waals surface area contributed by atoms with Gasteiger partial charge < -0.3 is 9.85 Å². The Morgan fingerprint density at radius 1 is 0.478 bits per heavy atom. The van der Waals surface area contributed by atoms with E-state index >= 15 is 0 Å². The lowest BCUT2D eigenvalue weighted by atomic mass is 10.0. The normalized spacial score (nSPS) is 14.1. The van der Waals surface area contributed by atoms with Gasteiger partial charge in [-0.25, -0.2) is 0 Å². The summed E-state index contributed by atoms with van der Waals surface area (Å²) < 4.78 is -0.0328. The first-order valence-electron chi connectivity index (χ1n) is 10.7. The second-order valence-electron chi connectivity index (χ2n) is 7.69. The maximum absolute atomic E-state index is 12.0. The Kier molecular flexibility index (Phi) is 16.7. The number of unbranched alkanes of at least 4 members (excludes halogenated alkanes) is 14. The molecule has 0 radical (unpaired) electrons. The quantitative estimate of drug-likeness (QED) is 0.148. The van der Waals surface area contributed by atoms with Gasteiger partial charge in [-0.1, -0.05) is 97.3 Å². The lowest BCUT2D eigenvalue weighted by Gasteiger charge is -2.38. The highest BCUT2D eigenvalue weighted by Gasteiger charge is 2.07.